The summed E-state index contributed by atoms with van der Waals surface area (Å²) < 4.78 is 5.25. The zero-order valence-corrected chi connectivity index (χ0v) is 17.0. The third-order valence-electron chi connectivity index (χ3n) is 5.26. The number of nitrogens with one attached hydrogen (secondary N) is 1. The lowest BCUT2D eigenvalue weighted by atomic mass is 10.1. The molecular weight excluding hydrogens is 352 g/mol. The molecule has 0 saturated carbocycles. The molecule has 0 spiro atoms. The van der Waals surface area contributed by atoms with Crippen molar-refractivity contribution in [3.05, 3.63) is 54.4 Å². The first kappa shape index (κ1) is 20.1. The van der Waals surface area contributed by atoms with Crippen LogP contribution in [0.3, 0.4) is 0 Å². The van der Waals surface area contributed by atoms with Gasteiger partial charge >= 0.3 is 0 Å². The number of methoxy groups -OCH3 is 1. The predicted octanol–water partition coefficient (Wildman–Crippen LogP) is 2.73. The lowest BCUT2D eigenvalue weighted by molar-refractivity contribution is -0.124. The minimum Gasteiger partial charge on any atom is -0.497 e. The molecule has 1 aliphatic rings. The van der Waals surface area contributed by atoms with Crippen molar-refractivity contribution in [2.75, 3.05) is 44.7 Å². The number of pyridine rings is 1. The summed E-state index contributed by atoms with van der Waals surface area (Å²) in [5.74, 6) is 0.951. The highest BCUT2D eigenvalue weighted by atomic mass is 16.5. The number of amides is 1. The lowest BCUT2D eigenvalue weighted by Gasteiger charge is -2.40. The van der Waals surface area contributed by atoms with Crippen LogP contribution in [-0.2, 0) is 4.79 Å². The molecule has 150 valence electrons. The Morgan fingerprint density at radius 2 is 1.86 bits per heavy atom. The van der Waals surface area contributed by atoms with Crippen molar-refractivity contribution in [3.8, 4) is 5.75 Å². The van der Waals surface area contributed by atoms with Crippen molar-refractivity contribution in [2.45, 2.75) is 19.9 Å². The summed E-state index contributed by atoms with van der Waals surface area (Å²) in [5.41, 5.74) is 2.36. The maximum atomic E-state index is 12.1. The van der Waals surface area contributed by atoms with E-state index >= 15 is 0 Å². The zero-order valence-electron chi connectivity index (χ0n) is 17.0. The molecule has 1 amide bonds. The number of rotatable bonds is 7. The topological polar surface area (TPSA) is 57.7 Å². The lowest BCUT2D eigenvalue weighted by Crippen LogP contribution is -2.50. The number of piperazine rings is 1. The maximum absolute atomic E-state index is 12.1. The summed E-state index contributed by atoms with van der Waals surface area (Å²) in [7, 11) is 1.68. The molecule has 0 radical (unpaired) electrons. The molecule has 1 aromatic carbocycles. The molecule has 6 nitrogen and oxygen atoms in total. The highest BCUT2D eigenvalue weighted by Crippen LogP contribution is 2.25. The Balaban J connectivity index is 1.65. The summed E-state index contributed by atoms with van der Waals surface area (Å²) in [6.45, 7) is 8.20. The van der Waals surface area contributed by atoms with Crippen LogP contribution in [0, 0.1) is 5.92 Å². The third kappa shape index (κ3) is 5.01. The first-order chi connectivity index (χ1) is 13.6. The van der Waals surface area contributed by atoms with Crippen LogP contribution >= 0.6 is 0 Å². The highest BCUT2D eigenvalue weighted by molar-refractivity contribution is 5.77. The Morgan fingerprint density at radius 1 is 1.14 bits per heavy atom. The minimum atomic E-state index is -0.0125. The van der Waals surface area contributed by atoms with Gasteiger partial charge in [-0.05, 0) is 35.9 Å². The molecule has 3 rings (SSSR count). The van der Waals surface area contributed by atoms with Crippen molar-refractivity contribution >= 4 is 11.6 Å². The minimum absolute atomic E-state index is 0.0125. The molecule has 0 bridgehead atoms. The molecule has 1 atom stereocenters. The Labute approximate surface area is 167 Å². The number of aromatic nitrogens is 1. The van der Waals surface area contributed by atoms with E-state index in [4.69, 9.17) is 4.74 Å². The normalized spacial score (nSPS) is 16.1. The van der Waals surface area contributed by atoms with Crippen molar-refractivity contribution < 1.29 is 9.53 Å². The van der Waals surface area contributed by atoms with Crippen LogP contribution in [0.25, 0.3) is 0 Å². The molecule has 6 heteroatoms. The van der Waals surface area contributed by atoms with Crippen LogP contribution in [0.1, 0.15) is 25.5 Å². The average Bonchev–Trinajstić information content (AvgIpc) is 2.75. The van der Waals surface area contributed by atoms with Crippen LogP contribution < -0.4 is 15.0 Å². The molecule has 1 N–H and O–H groups in total. The Bertz CT molecular complexity index is 741. The molecule has 28 heavy (non-hydrogen) atoms. The number of hydrogen-bond acceptors (Lipinski definition) is 5. The van der Waals surface area contributed by atoms with Gasteiger partial charge in [0.05, 0.1) is 13.2 Å². The molecule has 0 unspecified atom stereocenters. The second kappa shape index (κ2) is 9.55. The van der Waals surface area contributed by atoms with E-state index in [1.165, 1.54) is 5.69 Å². The van der Waals surface area contributed by atoms with Crippen LogP contribution in [0.4, 0.5) is 5.69 Å². The zero-order chi connectivity index (χ0) is 19.9. The maximum Gasteiger partial charge on any atom is 0.222 e. The molecule has 0 aliphatic carbocycles. The number of carbonyl (C=O) groups is 1. The van der Waals surface area contributed by atoms with Crippen LogP contribution in [0.15, 0.2) is 48.8 Å². The van der Waals surface area contributed by atoms with Crippen molar-refractivity contribution in [2.24, 2.45) is 5.92 Å². The molecule has 1 aromatic heterocycles. The van der Waals surface area contributed by atoms with Gasteiger partial charge in [-0.1, -0.05) is 19.9 Å². The number of ether oxygens (including phenoxy) is 1. The monoisotopic (exact) mass is 382 g/mol. The van der Waals surface area contributed by atoms with Gasteiger partial charge in [-0.2, -0.15) is 0 Å². The van der Waals surface area contributed by atoms with Gasteiger partial charge in [-0.3, -0.25) is 14.7 Å². The number of benzene rings is 1. The van der Waals surface area contributed by atoms with E-state index in [1.807, 2.05) is 38.2 Å². The number of nitrogens with zero attached hydrogens (tertiary/aromatic N) is 3. The molecule has 2 aromatic rings. The quantitative estimate of drug-likeness (QED) is 0.798. The van der Waals surface area contributed by atoms with E-state index in [0.717, 1.165) is 37.5 Å². The molecule has 1 aliphatic heterocycles. The molecular formula is C22H30N4O2. The summed E-state index contributed by atoms with van der Waals surface area (Å²) in [6, 6.07) is 12.4. The van der Waals surface area contributed by atoms with E-state index in [2.05, 4.69) is 38.3 Å². The third-order valence-corrected chi connectivity index (χ3v) is 5.26. The summed E-state index contributed by atoms with van der Waals surface area (Å²) in [4.78, 5) is 21.2. The Hall–Kier alpha value is -2.60. The smallest absolute Gasteiger partial charge is 0.222 e. The molecule has 2 heterocycles. The molecule has 1 fully saturated rings. The summed E-state index contributed by atoms with van der Waals surface area (Å²) in [5, 5.41) is 3.10. The predicted molar refractivity (Wildman–Crippen MR) is 112 cm³/mol. The fraction of sp³-hybridized carbons (Fsp3) is 0.455. The van der Waals surface area contributed by atoms with Crippen molar-refractivity contribution in [1.29, 1.82) is 0 Å². The van der Waals surface area contributed by atoms with Gasteiger partial charge in [-0.15, -0.1) is 0 Å². The van der Waals surface area contributed by atoms with Gasteiger partial charge in [0.2, 0.25) is 5.91 Å². The number of hydrogen-bond donors (Lipinski definition) is 1. The number of carbonyl (C=O) groups excluding carboxylic acids is 1. The van der Waals surface area contributed by atoms with Crippen LogP contribution in [-0.4, -0.2) is 55.6 Å². The van der Waals surface area contributed by atoms with Crippen molar-refractivity contribution in [3.63, 3.8) is 0 Å². The second-order valence-electron chi connectivity index (χ2n) is 7.42. The SMILES string of the molecule is COc1ccc(N2CCN([C@@H](CNC(=O)C(C)C)c3cccnc3)CC2)cc1. The first-order valence-electron chi connectivity index (χ1n) is 9.89. The van der Waals surface area contributed by atoms with Crippen LogP contribution in [0.2, 0.25) is 0 Å². The van der Waals surface area contributed by atoms with Gasteiger partial charge in [0.1, 0.15) is 5.75 Å². The van der Waals surface area contributed by atoms with Gasteiger partial charge in [0, 0.05) is 56.7 Å². The van der Waals surface area contributed by atoms with Gasteiger partial charge in [-0.25, -0.2) is 0 Å². The van der Waals surface area contributed by atoms with E-state index in [1.54, 1.807) is 13.3 Å². The van der Waals surface area contributed by atoms with Crippen molar-refractivity contribution in [1.82, 2.24) is 15.2 Å². The average molecular weight is 383 g/mol. The van der Waals surface area contributed by atoms with E-state index < -0.39 is 0 Å². The van der Waals surface area contributed by atoms with E-state index in [-0.39, 0.29) is 17.9 Å². The largest absolute Gasteiger partial charge is 0.497 e. The summed E-state index contributed by atoms with van der Waals surface area (Å²) >= 11 is 0. The van der Waals surface area contributed by atoms with Crippen LogP contribution in [0.5, 0.6) is 5.75 Å². The summed E-state index contributed by atoms with van der Waals surface area (Å²) in [6.07, 6.45) is 3.69. The highest BCUT2D eigenvalue weighted by Gasteiger charge is 2.26. The molecule has 1 saturated heterocycles. The fourth-order valence-electron chi connectivity index (χ4n) is 3.52. The van der Waals surface area contributed by atoms with Gasteiger partial charge in [0.25, 0.3) is 0 Å². The van der Waals surface area contributed by atoms with Gasteiger partial charge in [0.15, 0.2) is 0 Å². The number of anilines is 1. The second-order valence-corrected chi connectivity index (χ2v) is 7.42. The first-order valence-corrected chi connectivity index (χ1v) is 9.89. The standard InChI is InChI=1S/C22H30N4O2/c1-17(2)22(27)24-16-21(18-5-4-10-23-15-18)26-13-11-25(12-14-26)19-6-8-20(28-3)9-7-19/h4-10,15,17,21H,11-14,16H2,1-3H3,(H,24,27)/t21-/m0/s1. The van der Waals surface area contributed by atoms with E-state index in [9.17, 15) is 4.79 Å². The Morgan fingerprint density at radius 3 is 2.43 bits per heavy atom. The van der Waals surface area contributed by atoms with E-state index in [0.29, 0.717) is 6.54 Å². The Kier molecular flexibility index (Phi) is 6.87. The van der Waals surface area contributed by atoms with Gasteiger partial charge < -0.3 is 15.0 Å². The fourth-order valence-corrected chi connectivity index (χ4v) is 3.52.